The summed E-state index contributed by atoms with van der Waals surface area (Å²) in [6, 6.07) is 15.3. The largest absolute Gasteiger partial charge is 0.489 e. The van der Waals surface area contributed by atoms with Crippen molar-refractivity contribution in [2.75, 3.05) is 31.2 Å². The monoisotopic (exact) mass is 504 g/mol. The van der Waals surface area contributed by atoms with Gasteiger partial charge in [-0.3, -0.25) is 9.10 Å². The number of ether oxygens (including phenoxy) is 2. The molecule has 0 spiro atoms. The molecule has 0 aliphatic carbocycles. The van der Waals surface area contributed by atoms with E-state index in [-0.39, 0.29) is 28.8 Å². The Kier molecular flexibility index (Phi) is 7.06. The predicted octanol–water partition coefficient (Wildman–Crippen LogP) is 4.18. The van der Waals surface area contributed by atoms with Gasteiger partial charge in [-0.15, -0.1) is 0 Å². The summed E-state index contributed by atoms with van der Waals surface area (Å²) < 4.78 is 53.0. The van der Waals surface area contributed by atoms with Crippen molar-refractivity contribution in [3.63, 3.8) is 0 Å². The van der Waals surface area contributed by atoms with Crippen LogP contribution in [0.25, 0.3) is 0 Å². The van der Waals surface area contributed by atoms with Crippen LogP contribution in [0.3, 0.4) is 0 Å². The minimum absolute atomic E-state index is 0.00377. The Bertz CT molecular complexity index is 1280. The summed E-state index contributed by atoms with van der Waals surface area (Å²) >= 11 is 6.02. The highest BCUT2D eigenvalue weighted by Crippen LogP contribution is 2.43. The van der Waals surface area contributed by atoms with E-state index in [0.29, 0.717) is 29.3 Å². The van der Waals surface area contributed by atoms with Gasteiger partial charge in [-0.05, 0) is 60.2 Å². The number of carbonyl (C=O) groups excluding carboxylic acids is 1. The molecule has 1 unspecified atom stereocenters. The Morgan fingerprint density at radius 3 is 2.53 bits per heavy atom. The zero-order valence-electron chi connectivity index (χ0n) is 18.2. The number of methoxy groups -OCH3 is 1. The van der Waals surface area contributed by atoms with Gasteiger partial charge >= 0.3 is 0 Å². The lowest BCUT2D eigenvalue weighted by molar-refractivity contribution is 0.0936. The summed E-state index contributed by atoms with van der Waals surface area (Å²) in [5, 5.41) is 3.23. The maximum atomic E-state index is 13.7. The van der Waals surface area contributed by atoms with Crippen LogP contribution in [0.4, 0.5) is 10.1 Å². The fraction of sp³-hybridized carbons (Fsp3) is 0.208. The van der Waals surface area contributed by atoms with Crippen molar-refractivity contribution >= 4 is 33.2 Å². The number of amides is 1. The molecular formula is C24H22ClFN2O5S. The fourth-order valence-electron chi connectivity index (χ4n) is 3.66. The first kappa shape index (κ1) is 24.0. The van der Waals surface area contributed by atoms with Crippen LogP contribution in [0.5, 0.6) is 5.75 Å². The van der Waals surface area contributed by atoms with Crippen molar-refractivity contribution in [2.24, 2.45) is 0 Å². The number of nitrogens with one attached hydrogen (secondary N) is 1. The molecule has 178 valence electrons. The van der Waals surface area contributed by atoms with Crippen LogP contribution in [0.15, 0.2) is 71.6 Å². The SMILES string of the molecule is COCCNC(=O)c1ccc2c(c1)OCC(c1ccc(Cl)cc1)N2S(=O)(=O)c1ccc(F)cc1. The summed E-state index contributed by atoms with van der Waals surface area (Å²) in [5.41, 5.74) is 1.25. The fourth-order valence-corrected chi connectivity index (χ4v) is 5.42. The molecule has 4 rings (SSSR count). The second-order valence-electron chi connectivity index (χ2n) is 7.56. The topological polar surface area (TPSA) is 84.9 Å². The van der Waals surface area contributed by atoms with Crippen LogP contribution in [0.1, 0.15) is 22.0 Å². The number of nitrogens with zero attached hydrogens (tertiary/aromatic N) is 1. The van der Waals surface area contributed by atoms with Gasteiger partial charge in [-0.25, -0.2) is 12.8 Å². The molecule has 3 aromatic rings. The van der Waals surface area contributed by atoms with Crippen LogP contribution in [0.2, 0.25) is 5.02 Å². The first-order valence-corrected chi connectivity index (χ1v) is 12.2. The Morgan fingerprint density at radius 2 is 1.85 bits per heavy atom. The molecule has 0 aromatic heterocycles. The Balaban J connectivity index is 1.77. The van der Waals surface area contributed by atoms with Gasteiger partial charge in [0.25, 0.3) is 15.9 Å². The molecule has 7 nitrogen and oxygen atoms in total. The van der Waals surface area contributed by atoms with Gasteiger partial charge in [0.15, 0.2) is 0 Å². The van der Waals surface area contributed by atoms with Crippen molar-refractivity contribution in [2.45, 2.75) is 10.9 Å². The van der Waals surface area contributed by atoms with Gasteiger partial charge in [-0.2, -0.15) is 0 Å². The third-order valence-corrected chi connectivity index (χ3v) is 7.45. The number of halogens is 2. The standard InChI is InChI=1S/C24H22ClFN2O5S/c1-32-13-12-27-24(29)17-4-11-21-23(14-17)33-15-22(16-2-5-18(25)6-3-16)28(21)34(30,31)20-9-7-19(26)8-10-20/h2-11,14,22H,12-13,15H2,1H3,(H,27,29). The van der Waals surface area contributed by atoms with E-state index in [4.69, 9.17) is 21.1 Å². The Morgan fingerprint density at radius 1 is 1.15 bits per heavy atom. The molecule has 0 saturated heterocycles. The normalized spacial score (nSPS) is 15.4. The molecule has 1 aliphatic heterocycles. The second kappa shape index (κ2) is 10.0. The summed E-state index contributed by atoms with van der Waals surface area (Å²) in [7, 11) is -2.58. The van der Waals surface area contributed by atoms with E-state index in [0.717, 1.165) is 12.1 Å². The van der Waals surface area contributed by atoms with Crippen LogP contribution in [0, 0.1) is 5.82 Å². The summed E-state index contributed by atoms with van der Waals surface area (Å²) in [4.78, 5) is 12.4. The van der Waals surface area contributed by atoms with Crippen LogP contribution in [-0.2, 0) is 14.8 Å². The lowest BCUT2D eigenvalue weighted by Gasteiger charge is -2.38. The molecule has 0 fully saturated rings. The molecule has 1 atom stereocenters. The molecule has 3 aromatic carbocycles. The first-order valence-electron chi connectivity index (χ1n) is 10.4. The number of benzene rings is 3. The molecule has 1 heterocycles. The van der Waals surface area contributed by atoms with Gasteiger partial charge in [-0.1, -0.05) is 23.7 Å². The summed E-state index contributed by atoms with van der Waals surface area (Å²) in [6.07, 6.45) is 0. The van der Waals surface area contributed by atoms with Crippen molar-refractivity contribution < 1.29 is 27.1 Å². The average Bonchev–Trinajstić information content (AvgIpc) is 2.83. The highest BCUT2D eigenvalue weighted by atomic mass is 35.5. The average molecular weight is 505 g/mol. The molecule has 10 heteroatoms. The van der Waals surface area contributed by atoms with Gasteiger partial charge in [0, 0.05) is 24.2 Å². The molecule has 34 heavy (non-hydrogen) atoms. The number of carbonyl (C=O) groups is 1. The number of hydrogen-bond acceptors (Lipinski definition) is 5. The number of hydrogen-bond donors (Lipinski definition) is 1. The van der Waals surface area contributed by atoms with E-state index in [1.54, 1.807) is 24.3 Å². The molecule has 1 amide bonds. The smallest absolute Gasteiger partial charge is 0.265 e. The zero-order chi connectivity index (χ0) is 24.3. The highest BCUT2D eigenvalue weighted by Gasteiger charge is 2.38. The van der Waals surface area contributed by atoms with Crippen LogP contribution >= 0.6 is 11.6 Å². The van der Waals surface area contributed by atoms with Gasteiger partial charge < -0.3 is 14.8 Å². The van der Waals surface area contributed by atoms with E-state index >= 15 is 0 Å². The van der Waals surface area contributed by atoms with Gasteiger partial charge in [0.2, 0.25) is 0 Å². The lowest BCUT2D eigenvalue weighted by atomic mass is 10.0. The molecular weight excluding hydrogens is 483 g/mol. The van der Waals surface area contributed by atoms with E-state index in [1.807, 2.05) is 0 Å². The number of rotatable bonds is 7. The number of anilines is 1. The quantitative estimate of drug-likeness (QED) is 0.488. The number of sulfonamides is 1. The minimum Gasteiger partial charge on any atom is -0.489 e. The van der Waals surface area contributed by atoms with Crippen LogP contribution in [-0.4, -0.2) is 41.2 Å². The van der Waals surface area contributed by atoms with E-state index in [1.165, 1.54) is 41.7 Å². The predicted molar refractivity (Wildman–Crippen MR) is 126 cm³/mol. The third-order valence-electron chi connectivity index (χ3n) is 5.36. The lowest BCUT2D eigenvalue weighted by Crippen LogP contribution is -2.41. The molecule has 1 N–H and O–H groups in total. The van der Waals surface area contributed by atoms with Crippen molar-refractivity contribution in [3.05, 3.63) is 88.7 Å². The molecule has 0 radical (unpaired) electrons. The highest BCUT2D eigenvalue weighted by molar-refractivity contribution is 7.92. The maximum absolute atomic E-state index is 13.7. The van der Waals surface area contributed by atoms with Crippen molar-refractivity contribution in [3.8, 4) is 5.75 Å². The van der Waals surface area contributed by atoms with Gasteiger partial charge in [0.1, 0.15) is 24.2 Å². The van der Waals surface area contributed by atoms with Gasteiger partial charge in [0.05, 0.1) is 17.2 Å². The third kappa shape index (κ3) is 4.86. The van der Waals surface area contributed by atoms with E-state index in [2.05, 4.69) is 5.32 Å². The Labute approximate surface area is 202 Å². The van der Waals surface area contributed by atoms with Crippen LogP contribution < -0.4 is 14.4 Å². The second-order valence-corrected chi connectivity index (χ2v) is 9.82. The summed E-state index contributed by atoms with van der Waals surface area (Å²) in [5.74, 6) is -0.633. The molecule has 1 aliphatic rings. The number of fused-ring (bicyclic) bond motifs is 1. The van der Waals surface area contributed by atoms with E-state index in [9.17, 15) is 17.6 Å². The summed E-state index contributed by atoms with van der Waals surface area (Å²) in [6.45, 7) is 0.695. The maximum Gasteiger partial charge on any atom is 0.265 e. The van der Waals surface area contributed by atoms with E-state index < -0.39 is 21.9 Å². The minimum atomic E-state index is -4.11. The van der Waals surface area contributed by atoms with Crippen molar-refractivity contribution in [1.29, 1.82) is 0 Å². The Hall–Kier alpha value is -3.14. The molecule has 0 saturated carbocycles. The van der Waals surface area contributed by atoms with Crippen molar-refractivity contribution in [1.82, 2.24) is 5.32 Å². The zero-order valence-corrected chi connectivity index (χ0v) is 19.8. The first-order chi connectivity index (χ1) is 16.3. The molecule has 0 bridgehead atoms.